The zero-order chi connectivity index (χ0) is 24.1. The predicted molar refractivity (Wildman–Crippen MR) is 139 cm³/mol. The molecule has 32 heavy (non-hydrogen) atoms. The average Bonchev–Trinajstić information content (AvgIpc) is 2.71. The minimum Gasteiger partial charge on any atom is -0.495 e. The molecular weight excluding hydrogens is 394 g/mol. The molecule has 0 spiro atoms. The molecule has 0 saturated heterocycles. The molecule has 0 aliphatic carbocycles. The Morgan fingerprint density at radius 3 is 2.53 bits per heavy atom. The van der Waals surface area contributed by atoms with Crippen molar-refractivity contribution in [3.63, 3.8) is 0 Å². The van der Waals surface area contributed by atoms with E-state index in [1.807, 2.05) is 32.1 Å². The second kappa shape index (κ2) is 14.3. The summed E-state index contributed by atoms with van der Waals surface area (Å²) in [5.41, 5.74) is 13.0. The second-order valence-corrected chi connectivity index (χ2v) is 8.23. The fourth-order valence-electron chi connectivity index (χ4n) is 3.70. The molecule has 0 amide bonds. The number of benzene rings is 1. The maximum atomic E-state index is 9.56. The first-order valence-corrected chi connectivity index (χ1v) is 11.4. The van der Waals surface area contributed by atoms with Gasteiger partial charge in [-0.2, -0.15) is 0 Å². The zero-order valence-electron chi connectivity index (χ0n) is 20.7. The van der Waals surface area contributed by atoms with E-state index in [1.165, 1.54) is 16.7 Å². The normalized spacial score (nSPS) is 15.7. The Bertz CT molecular complexity index is 898. The quantitative estimate of drug-likeness (QED) is 0.276. The zero-order valence-corrected chi connectivity index (χ0v) is 20.7. The number of hydrogen-bond acceptors (Lipinski definition) is 3. The van der Waals surface area contributed by atoms with Gasteiger partial charge in [-0.05, 0) is 81.4 Å². The fourth-order valence-corrected chi connectivity index (χ4v) is 3.70. The third-order valence-corrected chi connectivity index (χ3v) is 5.14. The first-order chi connectivity index (χ1) is 15.2. The van der Waals surface area contributed by atoms with Gasteiger partial charge in [-0.1, -0.05) is 67.6 Å². The largest absolute Gasteiger partial charge is 0.495 e. The van der Waals surface area contributed by atoms with Crippen LogP contribution in [0.25, 0.3) is 5.57 Å². The smallest absolute Gasteiger partial charge is 0.102 e. The number of nitrogens with two attached hydrogens (primary N) is 1. The van der Waals surface area contributed by atoms with Gasteiger partial charge in [0, 0.05) is 12.6 Å². The van der Waals surface area contributed by atoms with Gasteiger partial charge >= 0.3 is 0 Å². The van der Waals surface area contributed by atoms with Crippen LogP contribution in [0, 0.1) is 6.92 Å². The minimum atomic E-state index is -0.514. The molecule has 0 bridgehead atoms. The van der Waals surface area contributed by atoms with Crippen molar-refractivity contribution >= 4 is 5.57 Å². The van der Waals surface area contributed by atoms with Crippen LogP contribution in [-0.2, 0) is 11.2 Å². The topological polar surface area (TPSA) is 55.5 Å². The molecule has 0 aliphatic heterocycles. The van der Waals surface area contributed by atoms with E-state index in [1.54, 1.807) is 19.2 Å². The molecule has 1 aromatic carbocycles. The summed E-state index contributed by atoms with van der Waals surface area (Å²) < 4.78 is 6.07. The summed E-state index contributed by atoms with van der Waals surface area (Å²) in [6.45, 7) is 15.8. The van der Waals surface area contributed by atoms with E-state index in [-0.39, 0.29) is 6.10 Å². The summed E-state index contributed by atoms with van der Waals surface area (Å²) in [4.78, 5) is 0. The minimum absolute atomic E-state index is 0.0500. The Balaban J connectivity index is 3.13. The highest BCUT2D eigenvalue weighted by Crippen LogP contribution is 2.26. The van der Waals surface area contributed by atoms with Crippen molar-refractivity contribution in [1.82, 2.24) is 0 Å². The average molecular weight is 436 g/mol. The number of aliphatic hydroxyl groups is 1. The lowest BCUT2D eigenvalue weighted by atomic mass is 9.93. The van der Waals surface area contributed by atoms with Gasteiger partial charge in [0.1, 0.15) is 6.10 Å². The van der Waals surface area contributed by atoms with Gasteiger partial charge < -0.3 is 15.6 Å². The van der Waals surface area contributed by atoms with Crippen LogP contribution in [0.15, 0.2) is 84.3 Å². The number of allylic oxidation sites excluding steroid dienone is 9. The molecule has 2 atom stereocenters. The maximum Gasteiger partial charge on any atom is 0.102 e. The van der Waals surface area contributed by atoms with Crippen LogP contribution in [0.4, 0.5) is 0 Å². The van der Waals surface area contributed by atoms with E-state index >= 15 is 0 Å². The highest BCUT2D eigenvalue weighted by molar-refractivity contribution is 5.78. The van der Waals surface area contributed by atoms with Gasteiger partial charge in [0.2, 0.25) is 0 Å². The lowest BCUT2D eigenvalue weighted by Gasteiger charge is -2.20. The van der Waals surface area contributed by atoms with Crippen LogP contribution in [0.1, 0.15) is 64.2 Å². The molecule has 1 aromatic rings. The Labute approximate surface area is 195 Å². The Morgan fingerprint density at radius 1 is 1.25 bits per heavy atom. The SMILES string of the molecule is C=C/C=C(\C=C/C)C/C=C(C)\C(=C/N)c1cc(C)cc(C[C@@H](CC)O/C(C)=C\C(C)O)c1. The molecule has 174 valence electrons. The van der Waals surface area contributed by atoms with Gasteiger partial charge in [-0.3, -0.25) is 0 Å². The van der Waals surface area contributed by atoms with Crippen LogP contribution >= 0.6 is 0 Å². The standard InChI is InChI=1S/C29H41NO2/c1-8-11-25(12-9-2)14-13-22(5)29(20-30)27-16-21(4)15-26(18-27)19-28(10-3)32-24(7)17-23(6)31/h8-9,11-13,15-18,20,23,28,31H,1,10,14,19,30H2,2-7H3/b12-9-,22-13-,24-17-,25-11+,29-20+/t23?,28-/m1/s1. The third kappa shape index (κ3) is 9.57. The summed E-state index contributed by atoms with van der Waals surface area (Å²) in [6.07, 6.45) is 15.6. The number of rotatable bonds is 12. The van der Waals surface area contributed by atoms with Gasteiger partial charge in [0.25, 0.3) is 0 Å². The number of ether oxygens (including phenoxy) is 1. The Morgan fingerprint density at radius 2 is 1.97 bits per heavy atom. The lowest BCUT2D eigenvalue weighted by molar-refractivity contribution is 0.109. The Hall–Kier alpha value is -2.78. The molecule has 0 aromatic heterocycles. The molecule has 1 rings (SSSR count). The molecule has 3 heteroatoms. The summed E-state index contributed by atoms with van der Waals surface area (Å²) in [7, 11) is 0. The van der Waals surface area contributed by atoms with Gasteiger partial charge in [0.15, 0.2) is 0 Å². The molecule has 1 unspecified atom stereocenters. The third-order valence-electron chi connectivity index (χ3n) is 5.14. The number of aryl methyl sites for hydroxylation is 1. The molecular formula is C29H41NO2. The van der Waals surface area contributed by atoms with E-state index in [9.17, 15) is 5.11 Å². The monoisotopic (exact) mass is 435 g/mol. The number of hydrogen-bond donors (Lipinski definition) is 2. The first kappa shape index (κ1) is 27.3. The van der Waals surface area contributed by atoms with Crippen LogP contribution < -0.4 is 5.73 Å². The van der Waals surface area contributed by atoms with Crippen molar-refractivity contribution in [2.75, 3.05) is 0 Å². The highest BCUT2D eigenvalue weighted by Gasteiger charge is 2.12. The number of aliphatic hydroxyl groups excluding tert-OH is 1. The molecule has 0 heterocycles. The van der Waals surface area contributed by atoms with Crippen LogP contribution in [-0.4, -0.2) is 17.3 Å². The second-order valence-electron chi connectivity index (χ2n) is 8.23. The Kier molecular flexibility index (Phi) is 12.2. The molecule has 0 radical (unpaired) electrons. The molecule has 3 nitrogen and oxygen atoms in total. The van der Waals surface area contributed by atoms with Crippen molar-refractivity contribution in [3.8, 4) is 0 Å². The van der Waals surface area contributed by atoms with Crippen molar-refractivity contribution in [1.29, 1.82) is 0 Å². The predicted octanol–water partition coefficient (Wildman–Crippen LogP) is 6.94. The summed E-state index contributed by atoms with van der Waals surface area (Å²) in [5, 5.41) is 9.56. The molecule has 0 aliphatic rings. The van der Waals surface area contributed by atoms with E-state index in [0.29, 0.717) is 0 Å². The van der Waals surface area contributed by atoms with Crippen molar-refractivity contribution in [2.24, 2.45) is 5.73 Å². The van der Waals surface area contributed by atoms with Crippen LogP contribution in [0.2, 0.25) is 0 Å². The molecule has 3 N–H and O–H groups in total. The lowest BCUT2D eigenvalue weighted by Crippen LogP contribution is -2.15. The van der Waals surface area contributed by atoms with Crippen LogP contribution in [0.5, 0.6) is 0 Å². The fraction of sp³-hybridized carbons (Fsp3) is 0.379. The summed E-state index contributed by atoms with van der Waals surface area (Å²) in [5.74, 6) is 0.755. The van der Waals surface area contributed by atoms with Crippen molar-refractivity contribution in [2.45, 2.75) is 73.0 Å². The van der Waals surface area contributed by atoms with Gasteiger partial charge in [-0.25, -0.2) is 0 Å². The van der Waals surface area contributed by atoms with Gasteiger partial charge in [-0.15, -0.1) is 0 Å². The van der Waals surface area contributed by atoms with E-state index in [2.05, 4.69) is 57.7 Å². The van der Waals surface area contributed by atoms with Gasteiger partial charge in [0.05, 0.1) is 11.9 Å². The molecule has 0 fully saturated rings. The van der Waals surface area contributed by atoms with Crippen LogP contribution in [0.3, 0.4) is 0 Å². The van der Waals surface area contributed by atoms with E-state index in [4.69, 9.17) is 10.5 Å². The van der Waals surface area contributed by atoms with Crippen molar-refractivity contribution in [3.05, 3.63) is 101 Å². The van der Waals surface area contributed by atoms with E-state index in [0.717, 1.165) is 41.7 Å². The highest BCUT2D eigenvalue weighted by atomic mass is 16.5. The maximum absolute atomic E-state index is 9.56. The summed E-state index contributed by atoms with van der Waals surface area (Å²) in [6, 6.07) is 6.58. The van der Waals surface area contributed by atoms with Crippen molar-refractivity contribution < 1.29 is 9.84 Å². The first-order valence-electron chi connectivity index (χ1n) is 11.4. The summed E-state index contributed by atoms with van der Waals surface area (Å²) >= 11 is 0. The molecule has 0 saturated carbocycles. The van der Waals surface area contributed by atoms with E-state index < -0.39 is 6.10 Å².